The number of likely N-dealkylation sites (tertiary alicyclic amines) is 1. The van der Waals surface area contributed by atoms with Gasteiger partial charge in [-0.05, 0) is 43.9 Å². The van der Waals surface area contributed by atoms with Gasteiger partial charge in [0.2, 0.25) is 15.9 Å². The fourth-order valence-corrected chi connectivity index (χ4v) is 5.52. The third kappa shape index (κ3) is 4.16. The second kappa shape index (κ2) is 7.98. The summed E-state index contributed by atoms with van der Waals surface area (Å²) in [6.07, 6.45) is 1.95. The molecule has 2 amide bonds. The van der Waals surface area contributed by atoms with E-state index in [1.165, 1.54) is 6.07 Å². The zero-order valence-corrected chi connectivity index (χ0v) is 16.6. The minimum atomic E-state index is -3.68. The Hall–Kier alpha value is -1.93. The van der Waals surface area contributed by atoms with Crippen LogP contribution in [0.2, 0.25) is 0 Å². The Balaban J connectivity index is 1.79. The fourth-order valence-electron chi connectivity index (χ4n) is 3.70. The van der Waals surface area contributed by atoms with Crippen LogP contribution in [0.5, 0.6) is 0 Å². The van der Waals surface area contributed by atoms with Crippen molar-refractivity contribution in [2.75, 3.05) is 36.4 Å². The maximum atomic E-state index is 12.9. The van der Waals surface area contributed by atoms with E-state index in [9.17, 15) is 18.0 Å². The topological polar surface area (TPSA) is 84.0 Å². The summed E-state index contributed by atoms with van der Waals surface area (Å²) in [6.45, 7) is 6.14. The monoisotopic (exact) mass is 394 g/mol. The van der Waals surface area contributed by atoms with Crippen molar-refractivity contribution in [2.45, 2.75) is 26.7 Å². The van der Waals surface area contributed by atoms with Crippen LogP contribution >= 0.6 is 0 Å². The first kappa shape index (κ1) is 19.8. The molecule has 0 aromatic heterocycles. The Bertz CT molecular complexity index is 823. The number of sulfonamides is 1. The predicted molar refractivity (Wildman–Crippen MR) is 102 cm³/mol. The summed E-state index contributed by atoms with van der Waals surface area (Å²) in [5.41, 5.74) is 0.630. The maximum absolute atomic E-state index is 12.9. The second-order valence-electron chi connectivity index (χ2n) is 7.25. The Morgan fingerprint density at radius 2 is 2.11 bits per heavy atom. The van der Waals surface area contributed by atoms with E-state index in [2.05, 4.69) is 0 Å². The van der Waals surface area contributed by atoms with Crippen LogP contribution < -0.4 is 4.31 Å². The highest BCUT2D eigenvalue weighted by atomic mass is 32.2. The highest BCUT2D eigenvalue weighted by molar-refractivity contribution is 7.94. The first-order valence-electron chi connectivity index (χ1n) is 9.37. The molecule has 0 bridgehead atoms. The molecular formula is C19H26N2O5S. The van der Waals surface area contributed by atoms with Crippen LogP contribution in [-0.4, -0.2) is 57.2 Å². The van der Waals surface area contributed by atoms with E-state index < -0.39 is 21.8 Å². The molecule has 0 aliphatic carbocycles. The number of ether oxygens (including phenoxy) is 1. The highest BCUT2D eigenvalue weighted by Crippen LogP contribution is 2.29. The Kier molecular flexibility index (Phi) is 5.86. The molecule has 27 heavy (non-hydrogen) atoms. The van der Waals surface area contributed by atoms with Crippen molar-refractivity contribution >= 4 is 27.5 Å². The van der Waals surface area contributed by atoms with Crippen molar-refractivity contribution in [3.8, 4) is 0 Å². The van der Waals surface area contributed by atoms with Crippen molar-refractivity contribution in [1.29, 1.82) is 0 Å². The molecule has 8 heteroatoms. The molecule has 1 aromatic carbocycles. The van der Waals surface area contributed by atoms with E-state index in [4.69, 9.17) is 4.74 Å². The zero-order valence-electron chi connectivity index (χ0n) is 15.8. The summed E-state index contributed by atoms with van der Waals surface area (Å²) in [4.78, 5) is 27.0. The standard InChI is InChI=1S/C19H26N2O5S/c1-3-26-12-15-6-5-9-20(11-15)19(23)16-7-4-8-17(10-16)21-18(22)14(2)13-27(21,24)25/h4,7-8,10,14-15H,3,5-6,9,11-13H2,1-2H3. The largest absolute Gasteiger partial charge is 0.381 e. The van der Waals surface area contributed by atoms with E-state index in [1.54, 1.807) is 30.0 Å². The molecule has 3 rings (SSSR count). The van der Waals surface area contributed by atoms with E-state index in [0.29, 0.717) is 37.8 Å². The molecule has 0 spiro atoms. The van der Waals surface area contributed by atoms with Crippen LogP contribution in [0.15, 0.2) is 24.3 Å². The predicted octanol–water partition coefficient (Wildman–Crippen LogP) is 1.89. The van der Waals surface area contributed by atoms with Gasteiger partial charge in [0.05, 0.1) is 24.0 Å². The molecule has 2 atom stereocenters. The van der Waals surface area contributed by atoms with E-state index >= 15 is 0 Å². The molecule has 0 radical (unpaired) electrons. The highest BCUT2D eigenvalue weighted by Gasteiger charge is 2.42. The van der Waals surface area contributed by atoms with Gasteiger partial charge in [0.25, 0.3) is 5.91 Å². The number of hydrogen-bond acceptors (Lipinski definition) is 5. The molecule has 0 N–H and O–H groups in total. The number of nitrogens with zero attached hydrogens (tertiary/aromatic N) is 2. The minimum absolute atomic E-state index is 0.143. The molecular weight excluding hydrogens is 368 g/mol. The average Bonchev–Trinajstić information content (AvgIpc) is 2.86. The van der Waals surface area contributed by atoms with Crippen molar-refractivity contribution in [1.82, 2.24) is 4.90 Å². The normalized spacial score (nSPS) is 25.0. The van der Waals surface area contributed by atoms with Crippen molar-refractivity contribution < 1.29 is 22.7 Å². The lowest BCUT2D eigenvalue weighted by molar-refractivity contribution is -0.119. The first-order chi connectivity index (χ1) is 12.8. The molecule has 0 saturated carbocycles. The maximum Gasteiger partial charge on any atom is 0.253 e. The van der Waals surface area contributed by atoms with Gasteiger partial charge in [-0.3, -0.25) is 9.59 Å². The van der Waals surface area contributed by atoms with Crippen LogP contribution in [0, 0.1) is 11.8 Å². The van der Waals surface area contributed by atoms with E-state index in [0.717, 1.165) is 17.1 Å². The van der Waals surface area contributed by atoms with Crippen molar-refractivity contribution in [2.24, 2.45) is 11.8 Å². The number of piperidine rings is 1. The number of hydrogen-bond donors (Lipinski definition) is 0. The van der Waals surface area contributed by atoms with Gasteiger partial charge in [0.1, 0.15) is 0 Å². The van der Waals surface area contributed by atoms with Gasteiger partial charge in [0.15, 0.2) is 0 Å². The van der Waals surface area contributed by atoms with Gasteiger partial charge in [-0.15, -0.1) is 0 Å². The summed E-state index contributed by atoms with van der Waals surface area (Å²) >= 11 is 0. The van der Waals surface area contributed by atoms with Gasteiger partial charge in [-0.1, -0.05) is 13.0 Å². The van der Waals surface area contributed by atoms with Crippen molar-refractivity contribution in [3.05, 3.63) is 29.8 Å². The van der Waals surface area contributed by atoms with Gasteiger partial charge in [-0.25, -0.2) is 12.7 Å². The summed E-state index contributed by atoms with van der Waals surface area (Å²) in [7, 11) is -3.68. The SMILES string of the molecule is CCOCC1CCCN(C(=O)c2cccc(N3C(=O)C(C)CS3(=O)=O)c2)C1. The molecule has 2 aliphatic rings. The van der Waals surface area contributed by atoms with Crippen LogP contribution in [0.4, 0.5) is 5.69 Å². The van der Waals surface area contributed by atoms with Gasteiger partial charge >= 0.3 is 0 Å². The number of amides is 2. The van der Waals surface area contributed by atoms with Crippen molar-refractivity contribution in [3.63, 3.8) is 0 Å². The molecule has 1 aromatic rings. The summed E-state index contributed by atoms with van der Waals surface area (Å²) in [6, 6.07) is 6.34. The lowest BCUT2D eigenvalue weighted by atomic mass is 9.98. The summed E-state index contributed by atoms with van der Waals surface area (Å²) in [5, 5.41) is 0. The van der Waals surface area contributed by atoms with E-state index in [1.807, 2.05) is 6.92 Å². The summed E-state index contributed by atoms with van der Waals surface area (Å²) in [5.74, 6) is -1.05. The second-order valence-corrected chi connectivity index (χ2v) is 9.11. The Morgan fingerprint density at radius 1 is 1.33 bits per heavy atom. The Morgan fingerprint density at radius 3 is 2.78 bits per heavy atom. The van der Waals surface area contributed by atoms with Crippen LogP contribution in [0.3, 0.4) is 0 Å². The zero-order chi connectivity index (χ0) is 19.6. The fraction of sp³-hybridized carbons (Fsp3) is 0.579. The molecule has 2 saturated heterocycles. The number of carbonyl (C=O) groups is 2. The van der Waals surface area contributed by atoms with Gasteiger partial charge in [0, 0.05) is 25.3 Å². The van der Waals surface area contributed by atoms with E-state index in [-0.39, 0.29) is 17.3 Å². The number of carbonyl (C=O) groups excluding carboxylic acids is 2. The third-order valence-corrected chi connectivity index (χ3v) is 6.92. The lowest BCUT2D eigenvalue weighted by Gasteiger charge is -2.32. The molecule has 2 fully saturated rings. The first-order valence-corrected chi connectivity index (χ1v) is 11.0. The molecule has 7 nitrogen and oxygen atoms in total. The number of benzene rings is 1. The minimum Gasteiger partial charge on any atom is -0.381 e. The molecule has 2 unspecified atom stereocenters. The number of anilines is 1. The van der Waals surface area contributed by atoms with Crippen LogP contribution in [0.25, 0.3) is 0 Å². The van der Waals surface area contributed by atoms with Crippen LogP contribution in [0.1, 0.15) is 37.0 Å². The molecule has 2 heterocycles. The van der Waals surface area contributed by atoms with Gasteiger partial charge < -0.3 is 9.64 Å². The third-order valence-electron chi connectivity index (χ3n) is 5.05. The molecule has 148 valence electrons. The molecule has 2 aliphatic heterocycles. The van der Waals surface area contributed by atoms with Crippen LogP contribution in [-0.2, 0) is 19.6 Å². The summed E-state index contributed by atoms with van der Waals surface area (Å²) < 4.78 is 30.9. The smallest absolute Gasteiger partial charge is 0.253 e. The lowest BCUT2D eigenvalue weighted by Crippen LogP contribution is -2.41. The average molecular weight is 394 g/mol. The number of rotatable bonds is 5. The quantitative estimate of drug-likeness (QED) is 0.761. The van der Waals surface area contributed by atoms with Gasteiger partial charge in [-0.2, -0.15) is 0 Å². The Labute approximate surface area is 160 Å².